The van der Waals surface area contributed by atoms with Gasteiger partial charge in [-0.1, -0.05) is 65.1 Å². The molecule has 1 heterocycles. The maximum absolute atomic E-state index is 13.1. The van der Waals surface area contributed by atoms with Gasteiger partial charge in [-0.25, -0.2) is 0 Å². The van der Waals surface area contributed by atoms with Crippen LogP contribution in [-0.4, -0.2) is 35.5 Å². The summed E-state index contributed by atoms with van der Waals surface area (Å²) in [5.41, 5.74) is 3.54. The van der Waals surface area contributed by atoms with Gasteiger partial charge < -0.3 is 14.9 Å². The number of benzene rings is 3. The molecule has 7 heteroatoms. The molecule has 166 valence electrons. The average molecular weight is 490 g/mol. The topological polar surface area (TPSA) is 43.8 Å². The molecule has 0 aliphatic carbocycles. The first kappa shape index (κ1) is 22.9. The summed E-state index contributed by atoms with van der Waals surface area (Å²) in [4.78, 5) is 17.1. The summed E-state index contributed by atoms with van der Waals surface area (Å²) in [6.07, 6.45) is -1.24. The summed E-state index contributed by atoms with van der Waals surface area (Å²) >= 11 is 18.6. The van der Waals surface area contributed by atoms with Gasteiger partial charge in [-0.05, 0) is 60.0 Å². The minimum atomic E-state index is -1.24. The number of amides is 1. The summed E-state index contributed by atoms with van der Waals surface area (Å²) in [5, 5.41) is 12.6. The zero-order chi connectivity index (χ0) is 22.8. The van der Waals surface area contributed by atoms with Crippen molar-refractivity contribution >= 4 is 46.4 Å². The van der Waals surface area contributed by atoms with Gasteiger partial charge in [-0.15, -0.1) is 0 Å². The molecule has 0 spiro atoms. The van der Waals surface area contributed by atoms with Crippen LogP contribution in [0.4, 0.5) is 5.69 Å². The molecule has 1 saturated heterocycles. The Labute approximate surface area is 202 Å². The van der Waals surface area contributed by atoms with Crippen LogP contribution >= 0.6 is 34.8 Å². The van der Waals surface area contributed by atoms with E-state index in [0.29, 0.717) is 40.3 Å². The minimum absolute atomic E-state index is 0.136. The van der Waals surface area contributed by atoms with Crippen LogP contribution in [0.2, 0.25) is 15.1 Å². The first-order valence-electron chi connectivity index (χ1n) is 10.3. The van der Waals surface area contributed by atoms with Gasteiger partial charge in [0.1, 0.15) is 0 Å². The molecule has 1 amide bonds. The van der Waals surface area contributed by atoms with Gasteiger partial charge in [0, 0.05) is 29.7 Å². The van der Waals surface area contributed by atoms with Gasteiger partial charge in [0.05, 0.1) is 16.8 Å². The van der Waals surface area contributed by atoms with E-state index < -0.39 is 6.10 Å². The monoisotopic (exact) mass is 488 g/mol. The van der Waals surface area contributed by atoms with Gasteiger partial charge in [0.25, 0.3) is 5.91 Å². The van der Waals surface area contributed by atoms with Crippen LogP contribution in [0, 0.1) is 6.92 Å². The maximum atomic E-state index is 13.1. The van der Waals surface area contributed by atoms with Crippen molar-refractivity contribution in [1.29, 1.82) is 0 Å². The van der Waals surface area contributed by atoms with E-state index in [2.05, 4.69) is 4.90 Å². The third kappa shape index (κ3) is 4.89. The highest BCUT2D eigenvalue weighted by molar-refractivity contribution is 6.33. The number of aryl methyl sites for hydroxylation is 1. The van der Waals surface area contributed by atoms with Gasteiger partial charge in [0.15, 0.2) is 6.10 Å². The normalized spacial score (nSPS) is 17.3. The third-order valence-corrected chi connectivity index (χ3v) is 6.59. The van der Waals surface area contributed by atoms with Crippen molar-refractivity contribution in [3.05, 3.63) is 98.5 Å². The average Bonchev–Trinajstić information content (AvgIpc) is 2.79. The molecule has 2 atom stereocenters. The second-order valence-electron chi connectivity index (χ2n) is 7.95. The van der Waals surface area contributed by atoms with E-state index in [1.54, 1.807) is 29.2 Å². The second-order valence-corrected chi connectivity index (χ2v) is 9.23. The molecule has 1 N–H and O–H groups in total. The van der Waals surface area contributed by atoms with E-state index in [1.807, 2.05) is 49.4 Å². The van der Waals surface area contributed by atoms with Crippen LogP contribution in [0.5, 0.6) is 0 Å². The number of hydrogen-bond acceptors (Lipinski definition) is 3. The SMILES string of the molecule is Cc1ccc(N2CCN(C(=O)C(O)c3ccc(Cl)cc3)CC2c2ccc(Cl)cc2)c(Cl)c1. The number of aliphatic hydroxyl groups is 1. The van der Waals surface area contributed by atoms with Crippen molar-refractivity contribution < 1.29 is 9.90 Å². The van der Waals surface area contributed by atoms with Gasteiger partial charge in [-0.2, -0.15) is 0 Å². The van der Waals surface area contributed by atoms with Crippen molar-refractivity contribution in [1.82, 2.24) is 4.90 Å². The first-order valence-corrected chi connectivity index (χ1v) is 11.5. The standard InChI is InChI=1S/C25H23Cl3N2O2/c1-16-2-11-22(21(28)14-16)30-13-12-29(15-23(30)17-3-7-19(26)8-4-17)25(32)24(31)18-5-9-20(27)10-6-18/h2-11,14,23-24,31H,12-13,15H2,1H3. The number of anilines is 1. The lowest BCUT2D eigenvalue weighted by Gasteiger charge is -2.44. The van der Waals surface area contributed by atoms with E-state index >= 15 is 0 Å². The molecular formula is C25H23Cl3N2O2. The molecule has 1 fully saturated rings. The number of aliphatic hydroxyl groups excluding tert-OH is 1. The largest absolute Gasteiger partial charge is 0.378 e. The number of hydrogen-bond donors (Lipinski definition) is 1. The molecule has 0 aromatic heterocycles. The van der Waals surface area contributed by atoms with Crippen LogP contribution in [0.15, 0.2) is 66.7 Å². The molecule has 0 bridgehead atoms. The van der Waals surface area contributed by atoms with Crippen LogP contribution in [0.25, 0.3) is 0 Å². The molecule has 0 radical (unpaired) electrons. The van der Waals surface area contributed by atoms with E-state index in [9.17, 15) is 9.90 Å². The minimum Gasteiger partial charge on any atom is -0.378 e. The van der Waals surface area contributed by atoms with Crippen LogP contribution in [0.3, 0.4) is 0 Å². The fourth-order valence-corrected chi connectivity index (χ4v) is 4.64. The van der Waals surface area contributed by atoms with Gasteiger partial charge in [0.2, 0.25) is 0 Å². The Hall–Kier alpha value is -2.24. The molecule has 1 aliphatic heterocycles. The number of carbonyl (C=O) groups is 1. The number of piperazine rings is 1. The number of nitrogens with zero attached hydrogens (tertiary/aromatic N) is 2. The molecule has 1 aliphatic rings. The third-order valence-electron chi connectivity index (χ3n) is 5.78. The summed E-state index contributed by atoms with van der Waals surface area (Å²) in [5.74, 6) is -0.332. The summed E-state index contributed by atoms with van der Waals surface area (Å²) in [6.45, 7) is 3.46. The molecular weight excluding hydrogens is 467 g/mol. The highest BCUT2D eigenvalue weighted by Crippen LogP contribution is 2.36. The number of halogens is 3. The van der Waals surface area contributed by atoms with E-state index in [-0.39, 0.29) is 11.9 Å². The molecule has 4 nitrogen and oxygen atoms in total. The summed E-state index contributed by atoms with van der Waals surface area (Å²) in [7, 11) is 0. The summed E-state index contributed by atoms with van der Waals surface area (Å²) in [6, 6.07) is 20.1. The van der Waals surface area contributed by atoms with E-state index in [1.165, 1.54) is 0 Å². The van der Waals surface area contributed by atoms with Crippen molar-refractivity contribution in [2.45, 2.75) is 19.1 Å². The first-order chi connectivity index (χ1) is 15.3. The Bertz CT molecular complexity index is 1100. The molecule has 4 rings (SSSR count). The van der Waals surface area contributed by atoms with Crippen LogP contribution in [0.1, 0.15) is 28.8 Å². The predicted octanol–water partition coefficient (Wildman–Crippen LogP) is 6.08. The predicted molar refractivity (Wildman–Crippen MR) is 131 cm³/mol. The fraction of sp³-hybridized carbons (Fsp3) is 0.240. The zero-order valence-electron chi connectivity index (χ0n) is 17.5. The lowest BCUT2D eigenvalue weighted by atomic mass is 10.00. The van der Waals surface area contributed by atoms with Crippen LogP contribution < -0.4 is 4.90 Å². The number of carbonyl (C=O) groups excluding carboxylic acids is 1. The van der Waals surface area contributed by atoms with E-state index in [4.69, 9.17) is 34.8 Å². The zero-order valence-corrected chi connectivity index (χ0v) is 19.8. The van der Waals surface area contributed by atoms with Gasteiger partial charge >= 0.3 is 0 Å². The Kier molecular flexibility index (Phi) is 6.96. The fourth-order valence-electron chi connectivity index (χ4n) is 4.05. The van der Waals surface area contributed by atoms with E-state index in [0.717, 1.165) is 16.8 Å². The second kappa shape index (κ2) is 9.72. The smallest absolute Gasteiger partial charge is 0.256 e. The summed E-state index contributed by atoms with van der Waals surface area (Å²) < 4.78 is 0. The van der Waals surface area contributed by atoms with Crippen molar-refractivity contribution in [3.8, 4) is 0 Å². The van der Waals surface area contributed by atoms with Crippen molar-refractivity contribution in [3.63, 3.8) is 0 Å². The molecule has 3 aromatic rings. The lowest BCUT2D eigenvalue weighted by Crippen LogP contribution is -2.51. The van der Waals surface area contributed by atoms with Crippen LogP contribution in [-0.2, 0) is 4.79 Å². The van der Waals surface area contributed by atoms with Gasteiger partial charge in [-0.3, -0.25) is 4.79 Å². The quantitative estimate of drug-likeness (QED) is 0.483. The number of rotatable bonds is 4. The highest BCUT2D eigenvalue weighted by Gasteiger charge is 2.34. The molecule has 0 saturated carbocycles. The highest BCUT2D eigenvalue weighted by atomic mass is 35.5. The Balaban J connectivity index is 1.63. The molecule has 3 aromatic carbocycles. The lowest BCUT2D eigenvalue weighted by molar-refractivity contribution is -0.141. The Morgan fingerprint density at radius 2 is 1.56 bits per heavy atom. The molecule has 32 heavy (non-hydrogen) atoms. The van der Waals surface area contributed by atoms with Crippen molar-refractivity contribution in [2.24, 2.45) is 0 Å². The van der Waals surface area contributed by atoms with Crippen molar-refractivity contribution in [2.75, 3.05) is 24.5 Å². The Morgan fingerprint density at radius 1 is 0.938 bits per heavy atom. The molecule has 2 unspecified atom stereocenters. The maximum Gasteiger partial charge on any atom is 0.256 e. The Morgan fingerprint density at radius 3 is 2.19 bits per heavy atom.